The molecular weight excluding hydrogens is 542 g/mol. The molecule has 0 aliphatic carbocycles. The minimum atomic E-state index is -5.08. The van der Waals surface area contributed by atoms with E-state index in [2.05, 4.69) is 36.3 Å². The molecule has 0 fully saturated rings. The number of aryl methyl sites for hydroxylation is 1. The summed E-state index contributed by atoms with van der Waals surface area (Å²) in [6.45, 7) is 10.6. The number of hydrogen-bond donors (Lipinski definition) is 4. The molecule has 1 amide bonds. The number of amides is 1. The van der Waals surface area contributed by atoms with Gasteiger partial charge in [-0.05, 0) is 43.3 Å². The van der Waals surface area contributed by atoms with E-state index in [4.69, 9.17) is 30.0 Å². The fourth-order valence-electron chi connectivity index (χ4n) is 2.95. The lowest BCUT2D eigenvalue weighted by Crippen LogP contribution is -2.27. The number of likely N-dealkylation sites (N-methyl/N-ethyl adjacent to an activating group) is 1. The first-order chi connectivity index (χ1) is 18.0. The van der Waals surface area contributed by atoms with Crippen LogP contribution in [0.3, 0.4) is 0 Å². The molecule has 2 aromatic rings. The van der Waals surface area contributed by atoms with Crippen molar-refractivity contribution in [2.24, 2.45) is 0 Å². The molecule has 4 N–H and O–H groups in total. The number of rotatable bonds is 9. The van der Waals surface area contributed by atoms with Crippen molar-refractivity contribution in [2.45, 2.75) is 52.5 Å². The number of carboxylic acid groups (broad SMARTS) is 2. The fourth-order valence-corrected chi connectivity index (χ4v) is 2.95. The second kappa shape index (κ2) is 16.3. The second-order valence-corrected chi connectivity index (χ2v) is 7.62. The standard InChI is InChI=1S/C19H28N4O2.2C2HF3O2/c1-4-7-18-20-16-14-15(9-11-19(24)21-25)8-10-17(16)23(18)13-12-22(5-2)6-3;2*3-2(4,5)1(6)7/h8-11,14,25H,4-7,12-13H2,1-3H3,(H,21,24);2*(H,6,7)/b11-9+;;. The Morgan fingerprint density at radius 1 is 1.00 bits per heavy atom. The van der Waals surface area contributed by atoms with Gasteiger partial charge in [-0.3, -0.25) is 10.0 Å². The number of nitrogens with zero attached hydrogens (tertiary/aromatic N) is 3. The highest BCUT2D eigenvalue weighted by atomic mass is 19.4. The van der Waals surface area contributed by atoms with E-state index in [9.17, 15) is 31.1 Å². The quantitative estimate of drug-likeness (QED) is 0.152. The number of carbonyl (C=O) groups is 3. The number of imidazole rings is 1. The number of alkyl halides is 6. The Morgan fingerprint density at radius 2 is 1.51 bits per heavy atom. The van der Waals surface area contributed by atoms with E-state index in [1.54, 1.807) is 11.6 Å². The zero-order valence-electron chi connectivity index (χ0n) is 21.3. The van der Waals surface area contributed by atoms with E-state index in [0.717, 1.165) is 61.4 Å². The Morgan fingerprint density at radius 3 is 1.92 bits per heavy atom. The van der Waals surface area contributed by atoms with Gasteiger partial charge in [0.2, 0.25) is 0 Å². The summed E-state index contributed by atoms with van der Waals surface area (Å²) in [7, 11) is 0. The summed E-state index contributed by atoms with van der Waals surface area (Å²) >= 11 is 0. The van der Waals surface area contributed by atoms with Crippen molar-refractivity contribution in [2.75, 3.05) is 19.6 Å². The molecule has 0 spiro atoms. The average Bonchev–Trinajstić information content (AvgIpc) is 3.19. The molecule has 220 valence electrons. The smallest absolute Gasteiger partial charge is 0.475 e. The van der Waals surface area contributed by atoms with Crippen LogP contribution in [0.5, 0.6) is 0 Å². The summed E-state index contributed by atoms with van der Waals surface area (Å²) in [5.74, 6) is -4.95. The third kappa shape index (κ3) is 13.1. The van der Waals surface area contributed by atoms with E-state index in [1.165, 1.54) is 6.08 Å². The molecule has 0 saturated heterocycles. The highest BCUT2D eigenvalue weighted by molar-refractivity contribution is 5.91. The van der Waals surface area contributed by atoms with Gasteiger partial charge in [-0.1, -0.05) is 26.8 Å². The van der Waals surface area contributed by atoms with Gasteiger partial charge in [0.1, 0.15) is 5.82 Å². The van der Waals surface area contributed by atoms with Crippen molar-refractivity contribution in [3.05, 3.63) is 35.7 Å². The number of halogens is 6. The molecule has 1 heterocycles. The lowest BCUT2D eigenvalue weighted by atomic mass is 10.2. The molecule has 0 saturated carbocycles. The summed E-state index contributed by atoms with van der Waals surface area (Å²) in [5.41, 5.74) is 4.54. The van der Waals surface area contributed by atoms with Crippen LogP contribution in [0.25, 0.3) is 17.1 Å². The number of hydroxylamine groups is 1. The maximum absolute atomic E-state index is 11.1. The predicted molar refractivity (Wildman–Crippen MR) is 128 cm³/mol. The normalized spacial score (nSPS) is 11.6. The number of nitrogens with one attached hydrogen (secondary N) is 1. The molecule has 2 rings (SSSR count). The van der Waals surface area contributed by atoms with Gasteiger partial charge >= 0.3 is 24.3 Å². The topological polar surface area (TPSA) is 145 Å². The molecule has 1 aromatic heterocycles. The van der Waals surface area contributed by atoms with E-state index in [0.29, 0.717) is 0 Å². The van der Waals surface area contributed by atoms with Gasteiger partial charge in [0.25, 0.3) is 5.91 Å². The lowest BCUT2D eigenvalue weighted by Gasteiger charge is -2.19. The first kappa shape index (κ1) is 35.3. The van der Waals surface area contributed by atoms with Crippen molar-refractivity contribution in [3.63, 3.8) is 0 Å². The SMILES string of the molecule is CCCc1nc2cc(/C=C/C(=O)NO)ccc2n1CCN(CC)CC.O=C(O)C(F)(F)F.O=C(O)C(F)(F)F. The van der Waals surface area contributed by atoms with Crippen LogP contribution >= 0.6 is 0 Å². The monoisotopic (exact) mass is 572 g/mol. The highest BCUT2D eigenvalue weighted by Crippen LogP contribution is 2.20. The van der Waals surface area contributed by atoms with E-state index in [-0.39, 0.29) is 0 Å². The molecule has 0 atom stereocenters. The Balaban J connectivity index is 0.000000848. The maximum atomic E-state index is 11.1. The molecule has 0 aliphatic rings. The number of aliphatic carboxylic acids is 2. The van der Waals surface area contributed by atoms with Crippen molar-refractivity contribution < 1.29 is 56.1 Å². The van der Waals surface area contributed by atoms with Crippen LogP contribution in [-0.2, 0) is 27.3 Å². The van der Waals surface area contributed by atoms with E-state index >= 15 is 0 Å². The Hall–Kier alpha value is -3.66. The van der Waals surface area contributed by atoms with Crippen LogP contribution in [0.1, 0.15) is 38.6 Å². The van der Waals surface area contributed by atoms with Crippen molar-refractivity contribution in [1.82, 2.24) is 19.9 Å². The number of benzene rings is 1. The Labute approximate surface area is 219 Å². The summed E-state index contributed by atoms with van der Waals surface area (Å²) < 4.78 is 65.8. The van der Waals surface area contributed by atoms with Gasteiger partial charge < -0.3 is 19.7 Å². The third-order valence-electron chi connectivity index (χ3n) is 4.88. The predicted octanol–water partition coefficient (Wildman–Crippen LogP) is 4.12. The molecule has 0 bridgehead atoms. The zero-order valence-corrected chi connectivity index (χ0v) is 21.3. The molecule has 0 radical (unpaired) electrons. The molecule has 1 aromatic carbocycles. The summed E-state index contributed by atoms with van der Waals surface area (Å²) in [4.78, 5) is 36.1. The maximum Gasteiger partial charge on any atom is 0.490 e. The van der Waals surface area contributed by atoms with Crippen molar-refractivity contribution in [1.29, 1.82) is 0 Å². The first-order valence-corrected chi connectivity index (χ1v) is 11.5. The second-order valence-electron chi connectivity index (χ2n) is 7.62. The van der Waals surface area contributed by atoms with Gasteiger partial charge in [0, 0.05) is 25.6 Å². The highest BCUT2D eigenvalue weighted by Gasteiger charge is 2.38. The van der Waals surface area contributed by atoms with Gasteiger partial charge in [-0.25, -0.2) is 20.1 Å². The first-order valence-electron chi connectivity index (χ1n) is 11.5. The van der Waals surface area contributed by atoms with Crippen LogP contribution in [0, 0.1) is 0 Å². The molecule has 0 unspecified atom stereocenters. The molecule has 0 aliphatic heterocycles. The van der Waals surface area contributed by atoms with Crippen LogP contribution in [-0.4, -0.2) is 79.7 Å². The number of fused-ring (bicyclic) bond motifs is 1. The minimum Gasteiger partial charge on any atom is -0.475 e. The number of hydrogen-bond acceptors (Lipinski definition) is 6. The summed E-state index contributed by atoms with van der Waals surface area (Å²) in [6.07, 6.45) is -5.20. The Bertz CT molecular complexity index is 1090. The third-order valence-corrected chi connectivity index (χ3v) is 4.88. The van der Waals surface area contributed by atoms with Crippen LogP contribution in [0.4, 0.5) is 26.3 Å². The van der Waals surface area contributed by atoms with Crippen LogP contribution in [0.2, 0.25) is 0 Å². The van der Waals surface area contributed by atoms with Gasteiger partial charge in [0.05, 0.1) is 11.0 Å². The Kier molecular flexibility index (Phi) is 14.8. The van der Waals surface area contributed by atoms with E-state index in [1.807, 2.05) is 12.1 Å². The van der Waals surface area contributed by atoms with Gasteiger partial charge in [-0.2, -0.15) is 26.3 Å². The minimum absolute atomic E-state index is 0.545. The molecule has 10 nitrogen and oxygen atoms in total. The summed E-state index contributed by atoms with van der Waals surface area (Å²) in [5, 5.41) is 22.8. The molecular formula is C23H30F6N4O6. The van der Waals surface area contributed by atoms with Crippen molar-refractivity contribution in [3.8, 4) is 0 Å². The fraction of sp³-hybridized carbons (Fsp3) is 0.478. The summed E-state index contributed by atoms with van der Waals surface area (Å²) in [6, 6.07) is 6.00. The number of carbonyl (C=O) groups excluding carboxylic acids is 1. The average molecular weight is 573 g/mol. The largest absolute Gasteiger partial charge is 0.490 e. The van der Waals surface area contributed by atoms with Gasteiger partial charge in [0.15, 0.2) is 0 Å². The molecule has 39 heavy (non-hydrogen) atoms. The lowest BCUT2D eigenvalue weighted by molar-refractivity contribution is -0.193. The van der Waals surface area contributed by atoms with Crippen molar-refractivity contribution >= 4 is 35.0 Å². The van der Waals surface area contributed by atoms with E-state index < -0.39 is 30.2 Å². The zero-order chi connectivity index (χ0) is 30.4. The van der Waals surface area contributed by atoms with Crippen LogP contribution < -0.4 is 5.48 Å². The van der Waals surface area contributed by atoms with Gasteiger partial charge in [-0.15, -0.1) is 0 Å². The molecule has 16 heteroatoms. The number of aromatic nitrogens is 2. The van der Waals surface area contributed by atoms with Crippen LogP contribution in [0.15, 0.2) is 24.3 Å². The number of carboxylic acids is 2.